The summed E-state index contributed by atoms with van der Waals surface area (Å²) in [5.41, 5.74) is 0.796. The van der Waals surface area contributed by atoms with Crippen molar-refractivity contribution >= 4 is 15.8 Å². The van der Waals surface area contributed by atoms with E-state index >= 15 is 0 Å². The first-order valence-electron chi connectivity index (χ1n) is 6.44. The van der Waals surface area contributed by atoms with Gasteiger partial charge in [-0.15, -0.1) is 0 Å². The third-order valence-corrected chi connectivity index (χ3v) is 4.62. The predicted octanol–water partition coefficient (Wildman–Crippen LogP) is 1.17. The summed E-state index contributed by atoms with van der Waals surface area (Å²) in [7, 11) is -2.90. The lowest BCUT2D eigenvalue weighted by molar-refractivity contribution is 0.305. The van der Waals surface area contributed by atoms with Gasteiger partial charge in [0.15, 0.2) is 9.84 Å². The lowest BCUT2D eigenvalue weighted by Crippen LogP contribution is -2.22. The van der Waals surface area contributed by atoms with E-state index in [4.69, 9.17) is 4.74 Å². The third-order valence-electron chi connectivity index (χ3n) is 2.85. The molecule has 7 heteroatoms. The van der Waals surface area contributed by atoms with Crippen molar-refractivity contribution < 1.29 is 13.2 Å². The van der Waals surface area contributed by atoms with Crippen LogP contribution in [-0.4, -0.2) is 42.5 Å². The Kier molecular flexibility index (Phi) is 4.24. The number of aryl methyl sites for hydroxylation is 1. The van der Waals surface area contributed by atoms with Gasteiger partial charge in [0.05, 0.1) is 18.1 Å². The smallest absolute Gasteiger partial charge is 0.226 e. The van der Waals surface area contributed by atoms with Crippen molar-refractivity contribution in [2.24, 2.45) is 0 Å². The monoisotopic (exact) mass is 285 g/mol. The fourth-order valence-corrected chi connectivity index (χ4v) is 3.65. The molecule has 1 aromatic heterocycles. The van der Waals surface area contributed by atoms with Gasteiger partial charge in [0.1, 0.15) is 0 Å². The van der Waals surface area contributed by atoms with Gasteiger partial charge in [-0.2, -0.15) is 4.98 Å². The number of nitrogens with zero attached hydrogens (tertiary/aromatic N) is 2. The maximum atomic E-state index is 11.4. The van der Waals surface area contributed by atoms with Crippen LogP contribution in [0.15, 0.2) is 6.07 Å². The van der Waals surface area contributed by atoms with E-state index in [0.717, 1.165) is 12.1 Å². The molecule has 1 aliphatic rings. The van der Waals surface area contributed by atoms with Gasteiger partial charge in [0, 0.05) is 17.8 Å². The largest absolute Gasteiger partial charge is 0.478 e. The van der Waals surface area contributed by atoms with Crippen LogP contribution in [-0.2, 0) is 9.84 Å². The van der Waals surface area contributed by atoms with E-state index in [-0.39, 0.29) is 17.5 Å². The number of aromatic nitrogens is 2. The van der Waals surface area contributed by atoms with Crippen molar-refractivity contribution in [3.05, 3.63) is 11.8 Å². The van der Waals surface area contributed by atoms with E-state index in [1.165, 1.54) is 0 Å². The van der Waals surface area contributed by atoms with E-state index in [0.29, 0.717) is 24.9 Å². The van der Waals surface area contributed by atoms with Gasteiger partial charge in [-0.1, -0.05) is 6.92 Å². The molecular formula is C12H19N3O3S. The van der Waals surface area contributed by atoms with Crippen LogP contribution in [0.2, 0.25) is 0 Å². The Hall–Kier alpha value is -1.37. The number of anilines is 1. The highest BCUT2D eigenvalue weighted by molar-refractivity contribution is 7.91. The molecule has 0 amide bonds. The number of nitrogens with one attached hydrogen (secondary N) is 1. The molecule has 106 valence electrons. The molecule has 0 saturated carbocycles. The second kappa shape index (κ2) is 5.73. The lowest BCUT2D eigenvalue weighted by Gasteiger charge is -2.12. The van der Waals surface area contributed by atoms with Crippen LogP contribution in [0.4, 0.5) is 5.95 Å². The molecular weight excluding hydrogens is 266 g/mol. The van der Waals surface area contributed by atoms with Crippen LogP contribution >= 0.6 is 0 Å². The summed E-state index contributed by atoms with van der Waals surface area (Å²) in [4.78, 5) is 8.50. The normalized spacial score (nSPS) is 21.3. The first kappa shape index (κ1) is 14.0. The van der Waals surface area contributed by atoms with Crippen LogP contribution in [0.3, 0.4) is 0 Å². The topological polar surface area (TPSA) is 81.2 Å². The molecule has 0 bridgehead atoms. The van der Waals surface area contributed by atoms with Crippen molar-refractivity contribution in [3.63, 3.8) is 0 Å². The molecule has 0 radical (unpaired) electrons. The quantitative estimate of drug-likeness (QED) is 0.874. The van der Waals surface area contributed by atoms with Gasteiger partial charge < -0.3 is 10.1 Å². The summed E-state index contributed by atoms with van der Waals surface area (Å²) in [5.74, 6) is 1.34. The Morgan fingerprint density at radius 3 is 2.89 bits per heavy atom. The number of ether oxygens (including phenoxy) is 1. The van der Waals surface area contributed by atoms with E-state index in [1.807, 2.05) is 13.8 Å². The Balaban J connectivity index is 2.06. The fourth-order valence-electron chi connectivity index (χ4n) is 1.98. The van der Waals surface area contributed by atoms with E-state index in [1.54, 1.807) is 6.07 Å². The summed E-state index contributed by atoms with van der Waals surface area (Å²) in [6.07, 6.45) is 1.51. The highest BCUT2D eigenvalue weighted by Crippen LogP contribution is 2.17. The zero-order chi connectivity index (χ0) is 13.9. The molecule has 0 aliphatic carbocycles. The molecule has 2 heterocycles. The minimum atomic E-state index is -2.90. The summed E-state index contributed by atoms with van der Waals surface area (Å²) in [6, 6.07) is 1.66. The van der Waals surface area contributed by atoms with Crippen LogP contribution in [0, 0.1) is 6.92 Å². The van der Waals surface area contributed by atoms with Crippen molar-refractivity contribution in [2.45, 2.75) is 32.7 Å². The second-order valence-corrected chi connectivity index (χ2v) is 6.99. The van der Waals surface area contributed by atoms with Crippen LogP contribution < -0.4 is 10.1 Å². The summed E-state index contributed by atoms with van der Waals surface area (Å²) >= 11 is 0. The molecule has 1 saturated heterocycles. The fraction of sp³-hybridized carbons (Fsp3) is 0.667. The first-order valence-corrected chi connectivity index (χ1v) is 8.26. The minimum absolute atomic E-state index is 0.106. The first-order chi connectivity index (χ1) is 8.98. The Bertz CT molecular complexity index is 545. The molecule has 1 atom stereocenters. The molecule has 0 aromatic carbocycles. The minimum Gasteiger partial charge on any atom is -0.478 e. The van der Waals surface area contributed by atoms with Gasteiger partial charge in [-0.05, 0) is 19.8 Å². The zero-order valence-electron chi connectivity index (χ0n) is 11.2. The van der Waals surface area contributed by atoms with E-state index in [2.05, 4.69) is 15.3 Å². The molecule has 1 N–H and O–H groups in total. The molecule has 1 fully saturated rings. The van der Waals surface area contributed by atoms with E-state index < -0.39 is 9.84 Å². The molecule has 1 aromatic rings. The molecule has 2 rings (SSSR count). The summed E-state index contributed by atoms with van der Waals surface area (Å²) < 4.78 is 28.3. The van der Waals surface area contributed by atoms with Gasteiger partial charge in [-0.3, -0.25) is 0 Å². The van der Waals surface area contributed by atoms with Crippen LogP contribution in [0.25, 0.3) is 0 Å². The zero-order valence-corrected chi connectivity index (χ0v) is 12.0. The number of sulfone groups is 1. The average Bonchev–Trinajstić information content (AvgIpc) is 2.65. The maximum Gasteiger partial charge on any atom is 0.226 e. The lowest BCUT2D eigenvalue weighted by atomic mass is 10.3. The number of rotatable bonds is 5. The van der Waals surface area contributed by atoms with Gasteiger partial charge in [0.2, 0.25) is 11.8 Å². The van der Waals surface area contributed by atoms with Crippen molar-refractivity contribution in [1.82, 2.24) is 9.97 Å². The van der Waals surface area contributed by atoms with Crippen molar-refractivity contribution in [3.8, 4) is 5.88 Å². The standard InChI is InChI=1S/C12H19N3O3S/c1-3-5-18-11-7-9(2)13-12(15-11)14-10-4-6-19(16,17)8-10/h7,10H,3-6,8H2,1-2H3,(H,13,14,15). The Morgan fingerprint density at radius 2 is 2.26 bits per heavy atom. The van der Waals surface area contributed by atoms with Gasteiger partial charge in [0.25, 0.3) is 0 Å². The maximum absolute atomic E-state index is 11.4. The molecule has 0 spiro atoms. The molecule has 19 heavy (non-hydrogen) atoms. The molecule has 6 nitrogen and oxygen atoms in total. The number of hydrogen-bond donors (Lipinski definition) is 1. The Morgan fingerprint density at radius 1 is 1.47 bits per heavy atom. The Labute approximate surface area is 113 Å². The predicted molar refractivity (Wildman–Crippen MR) is 73.2 cm³/mol. The average molecular weight is 285 g/mol. The van der Waals surface area contributed by atoms with Crippen molar-refractivity contribution in [1.29, 1.82) is 0 Å². The summed E-state index contributed by atoms with van der Waals surface area (Å²) in [6.45, 7) is 4.49. The van der Waals surface area contributed by atoms with E-state index in [9.17, 15) is 8.42 Å². The second-order valence-electron chi connectivity index (χ2n) is 4.76. The summed E-state index contributed by atoms with van der Waals surface area (Å²) in [5, 5.41) is 3.07. The van der Waals surface area contributed by atoms with Crippen LogP contribution in [0.5, 0.6) is 5.88 Å². The highest BCUT2D eigenvalue weighted by Gasteiger charge is 2.28. The van der Waals surface area contributed by atoms with Crippen LogP contribution in [0.1, 0.15) is 25.5 Å². The molecule has 1 unspecified atom stereocenters. The number of hydrogen-bond acceptors (Lipinski definition) is 6. The van der Waals surface area contributed by atoms with Crippen molar-refractivity contribution in [2.75, 3.05) is 23.4 Å². The van der Waals surface area contributed by atoms with Gasteiger partial charge >= 0.3 is 0 Å². The SMILES string of the molecule is CCCOc1cc(C)nc(NC2CCS(=O)(=O)C2)n1. The molecule has 1 aliphatic heterocycles. The highest BCUT2D eigenvalue weighted by atomic mass is 32.2. The third kappa shape index (κ3) is 4.05. The van der Waals surface area contributed by atoms with Gasteiger partial charge in [-0.25, -0.2) is 13.4 Å².